The maximum atomic E-state index is 13.1. The van der Waals surface area contributed by atoms with Crippen molar-refractivity contribution in [2.45, 2.75) is 19.9 Å². The van der Waals surface area contributed by atoms with Crippen LogP contribution in [0, 0.1) is 6.92 Å². The van der Waals surface area contributed by atoms with Crippen molar-refractivity contribution >= 4 is 32.5 Å². The number of thiazole rings is 1. The molecule has 30 heavy (non-hydrogen) atoms. The quantitative estimate of drug-likeness (QED) is 0.389. The Morgan fingerprint density at radius 2 is 1.77 bits per heavy atom. The smallest absolute Gasteiger partial charge is 0.585 e. The molecule has 0 atom stereocenters. The van der Waals surface area contributed by atoms with Crippen LogP contribution in [0.1, 0.15) is 11.3 Å². The van der Waals surface area contributed by atoms with Crippen LogP contribution in [0.15, 0.2) is 70.3 Å². The molecule has 5 aromatic rings. The van der Waals surface area contributed by atoms with Gasteiger partial charge >= 0.3 is 29.6 Å². The van der Waals surface area contributed by atoms with Crippen LogP contribution < -0.4 is 45.8 Å². The molecular formula is C22H17N4NaO2S. The van der Waals surface area contributed by atoms with Gasteiger partial charge in [-0.05, 0) is 37.1 Å². The Morgan fingerprint density at radius 3 is 2.53 bits per heavy atom. The van der Waals surface area contributed by atoms with Crippen LogP contribution in [-0.2, 0) is 13.0 Å². The van der Waals surface area contributed by atoms with E-state index in [-0.39, 0.29) is 40.7 Å². The Morgan fingerprint density at radius 1 is 1.03 bits per heavy atom. The fourth-order valence-electron chi connectivity index (χ4n) is 3.60. The molecule has 0 saturated carbocycles. The Bertz CT molecular complexity index is 1430. The molecule has 2 aromatic carbocycles. The van der Waals surface area contributed by atoms with Crippen LogP contribution in [0.3, 0.4) is 0 Å². The molecule has 0 spiro atoms. The van der Waals surface area contributed by atoms with Gasteiger partial charge in [-0.3, -0.25) is 9.59 Å². The minimum Gasteiger partial charge on any atom is -0.585 e. The van der Waals surface area contributed by atoms with E-state index < -0.39 is 0 Å². The fourth-order valence-corrected chi connectivity index (χ4v) is 4.51. The zero-order valence-electron chi connectivity index (χ0n) is 16.7. The minimum absolute atomic E-state index is 0. The third-order valence-electron chi connectivity index (χ3n) is 5.09. The molecule has 6 nitrogen and oxygen atoms in total. The summed E-state index contributed by atoms with van der Waals surface area (Å²) in [5.74, 6) is 0. The zero-order chi connectivity index (χ0) is 20.0. The second-order valence-electron chi connectivity index (χ2n) is 6.90. The summed E-state index contributed by atoms with van der Waals surface area (Å²) >= 11 is 1.41. The number of nitrogens with zero attached hydrogens (tertiary/aromatic N) is 4. The van der Waals surface area contributed by atoms with Crippen molar-refractivity contribution in [3.8, 4) is 5.13 Å². The Balaban J connectivity index is 0.00000218. The molecule has 3 heterocycles. The average molecular weight is 424 g/mol. The molecule has 0 aliphatic rings. The van der Waals surface area contributed by atoms with E-state index in [0.717, 1.165) is 15.8 Å². The standard InChI is InChI=1S/C22H18N4O2S.Na/c1-14-20-17(13-19(27)25(14)12-11-15-7-3-2-4-8-15)24-26(21(20)28)22-23-16-9-5-6-10-18(16)29-22;/h2-10,13H,11-12H2,1H3,(H,24,27);/q;+1/p-1. The zero-order valence-corrected chi connectivity index (χ0v) is 19.5. The molecule has 0 fully saturated rings. The molecule has 8 heteroatoms. The van der Waals surface area contributed by atoms with Crippen LogP contribution in [-0.4, -0.2) is 14.2 Å². The van der Waals surface area contributed by atoms with Crippen molar-refractivity contribution in [1.82, 2.24) is 19.3 Å². The first-order valence-corrected chi connectivity index (χ1v) is 10.1. The number of para-hydroxylation sites is 1. The van der Waals surface area contributed by atoms with E-state index in [1.807, 2.05) is 54.6 Å². The molecule has 5 rings (SSSR count). The maximum Gasteiger partial charge on any atom is 1.00 e. The van der Waals surface area contributed by atoms with Crippen molar-refractivity contribution in [2.24, 2.45) is 0 Å². The van der Waals surface area contributed by atoms with Gasteiger partial charge in [0.1, 0.15) is 0 Å². The molecule has 0 saturated heterocycles. The van der Waals surface area contributed by atoms with Gasteiger partial charge in [0.05, 0.1) is 10.2 Å². The first-order chi connectivity index (χ1) is 14.1. The third-order valence-corrected chi connectivity index (χ3v) is 6.11. The topological polar surface area (TPSA) is 71.0 Å². The van der Waals surface area contributed by atoms with Gasteiger partial charge in [0.15, 0.2) is 5.13 Å². The summed E-state index contributed by atoms with van der Waals surface area (Å²) in [5.41, 5.74) is 2.62. The van der Waals surface area contributed by atoms with E-state index >= 15 is 0 Å². The number of rotatable bonds is 4. The number of aromatic nitrogens is 4. The number of aryl methyl sites for hydroxylation is 2. The van der Waals surface area contributed by atoms with E-state index in [0.29, 0.717) is 34.7 Å². The average Bonchev–Trinajstić information content (AvgIpc) is 3.29. The second-order valence-corrected chi connectivity index (χ2v) is 7.91. The van der Waals surface area contributed by atoms with Gasteiger partial charge in [-0.1, -0.05) is 53.8 Å². The van der Waals surface area contributed by atoms with Crippen LogP contribution >= 0.6 is 11.3 Å². The summed E-state index contributed by atoms with van der Waals surface area (Å²) in [7, 11) is 0. The Labute approximate surface area is 198 Å². The first kappa shape index (κ1) is 20.8. The fraction of sp³-hybridized carbons (Fsp3) is 0.136. The van der Waals surface area contributed by atoms with Gasteiger partial charge in [0.2, 0.25) is 11.1 Å². The van der Waals surface area contributed by atoms with E-state index in [1.54, 1.807) is 11.5 Å². The molecule has 144 valence electrons. The van der Waals surface area contributed by atoms with Gasteiger partial charge < -0.3 is 14.3 Å². The molecule has 0 amide bonds. The normalized spacial score (nSPS) is 11.1. The summed E-state index contributed by atoms with van der Waals surface area (Å²) in [6.07, 6.45) is 0.716. The minimum atomic E-state index is -0.245. The van der Waals surface area contributed by atoms with Crippen molar-refractivity contribution in [2.75, 3.05) is 0 Å². The predicted octanol–water partition coefficient (Wildman–Crippen LogP) is 0.274. The van der Waals surface area contributed by atoms with Crippen molar-refractivity contribution in [3.05, 3.63) is 92.6 Å². The summed E-state index contributed by atoms with van der Waals surface area (Å²) in [5, 5.41) is 5.38. The van der Waals surface area contributed by atoms with Gasteiger partial charge in [0.25, 0.3) is 0 Å². The summed E-state index contributed by atoms with van der Waals surface area (Å²) in [4.78, 5) is 30.3. The monoisotopic (exact) mass is 424 g/mol. The molecule has 0 bridgehead atoms. The Hall–Kier alpha value is -2.45. The first-order valence-electron chi connectivity index (χ1n) is 9.32. The van der Waals surface area contributed by atoms with Crippen LogP contribution in [0.25, 0.3) is 26.3 Å². The molecule has 0 radical (unpaired) electrons. The van der Waals surface area contributed by atoms with E-state index in [9.17, 15) is 9.59 Å². The van der Waals surface area contributed by atoms with Crippen LogP contribution in [0.2, 0.25) is 0 Å². The van der Waals surface area contributed by atoms with Crippen molar-refractivity contribution < 1.29 is 29.6 Å². The predicted molar refractivity (Wildman–Crippen MR) is 115 cm³/mol. The molecule has 0 unspecified atom stereocenters. The number of pyridine rings is 1. The third kappa shape index (κ3) is 3.58. The SMILES string of the molecule is Cc1c2c(=O)n(-c3nc4ccccc4s3)[n-]c2cc(=O)n1CCc1ccccc1.[Na+]. The molecule has 0 aliphatic carbocycles. The van der Waals surface area contributed by atoms with Crippen molar-refractivity contribution in [3.63, 3.8) is 0 Å². The van der Waals surface area contributed by atoms with Gasteiger partial charge in [-0.15, -0.1) is 5.52 Å². The van der Waals surface area contributed by atoms with E-state index in [4.69, 9.17) is 0 Å². The molecule has 0 aliphatic heterocycles. The molecular weight excluding hydrogens is 407 g/mol. The number of hydrogen-bond donors (Lipinski definition) is 0. The largest absolute Gasteiger partial charge is 1.00 e. The van der Waals surface area contributed by atoms with Crippen molar-refractivity contribution in [1.29, 1.82) is 0 Å². The van der Waals surface area contributed by atoms with Gasteiger partial charge in [-0.25, -0.2) is 4.98 Å². The Kier molecular flexibility index (Phi) is 5.79. The number of hydrogen-bond acceptors (Lipinski definition) is 4. The van der Waals surface area contributed by atoms with Gasteiger partial charge in [0, 0.05) is 17.6 Å². The summed E-state index contributed by atoms with van der Waals surface area (Å²) < 4.78 is 3.95. The van der Waals surface area contributed by atoms with E-state index in [2.05, 4.69) is 10.1 Å². The second kappa shape index (κ2) is 8.35. The summed E-state index contributed by atoms with van der Waals surface area (Å²) in [6, 6.07) is 19.1. The van der Waals surface area contributed by atoms with Crippen LogP contribution in [0.5, 0.6) is 0 Å². The number of benzene rings is 2. The summed E-state index contributed by atoms with van der Waals surface area (Å²) in [6.45, 7) is 2.32. The number of fused-ring (bicyclic) bond motifs is 2. The maximum absolute atomic E-state index is 13.1. The molecule has 3 aromatic heterocycles. The van der Waals surface area contributed by atoms with E-state index in [1.165, 1.54) is 22.1 Å². The molecule has 0 N–H and O–H groups in total. The van der Waals surface area contributed by atoms with Crippen LogP contribution in [0.4, 0.5) is 0 Å². The van der Waals surface area contributed by atoms with Gasteiger partial charge in [-0.2, -0.15) is 0 Å².